The van der Waals surface area contributed by atoms with Gasteiger partial charge in [-0.05, 0) is 24.6 Å². The maximum atomic E-state index is 11.4. The van der Waals surface area contributed by atoms with E-state index < -0.39 is 6.04 Å². The summed E-state index contributed by atoms with van der Waals surface area (Å²) in [5.41, 5.74) is 6.34. The van der Waals surface area contributed by atoms with E-state index in [-0.39, 0.29) is 30.7 Å². The van der Waals surface area contributed by atoms with Gasteiger partial charge in [0.1, 0.15) is 11.5 Å². The van der Waals surface area contributed by atoms with Crippen molar-refractivity contribution in [2.24, 2.45) is 5.73 Å². The van der Waals surface area contributed by atoms with E-state index in [1.54, 1.807) is 32.4 Å². The Bertz CT molecular complexity index is 637. The summed E-state index contributed by atoms with van der Waals surface area (Å²) in [6.07, 6.45) is 1.65. The highest BCUT2D eigenvalue weighted by atomic mass is 35.5. The van der Waals surface area contributed by atoms with Gasteiger partial charge in [-0.25, -0.2) is 4.98 Å². The van der Waals surface area contributed by atoms with E-state index >= 15 is 0 Å². The number of benzene rings is 1. The highest BCUT2D eigenvalue weighted by molar-refractivity contribution is 5.85. The fourth-order valence-corrected chi connectivity index (χ4v) is 1.71. The number of carbonyl (C=O) groups excluding carboxylic acids is 1. The molecular weight excluding hydrogens is 353 g/mol. The highest BCUT2D eigenvalue weighted by Gasteiger charge is 2.06. The lowest BCUT2D eigenvalue weighted by Gasteiger charge is -2.09. The Hall–Kier alpha value is -2.02. The summed E-state index contributed by atoms with van der Waals surface area (Å²) in [6.45, 7) is 2.02. The maximum Gasteiger partial charge on any atom is 0.236 e. The predicted octanol–water partition coefficient (Wildman–Crippen LogP) is 2.69. The molecule has 6 nitrogen and oxygen atoms in total. The first-order chi connectivity index (χ1) is 10.6. The van der Waals surface area contributed by atoms with Crippen molar-refractivity contribution in [2.75, 3.05) is 7.11 Å². The SMILES string of the molecule is COc1cccc(Oc2ccc(CNC(=O)[C@@H](C)N)cn2)c1.Cl.Cl. The van der Waals surface area contributed by atoms with Crippen LogP contribution in [-0.4, -0.2) is 24.0 Å². The lowest BCUT2D eigenvalue weighted by Crippen LogP contribution is -2.37. The van der Waals surface area contributed by atoms with Gasteiger partial charge in [0, 0.05) is 24.9 Å². The molecule has 24 heavy (non-hydrogen) atoms. The van der Waals surface area contributed by atoms with Crippen molar-refractivity contribution < 1.29 is 14.3 Å². The van der Waals surface area contributed by atoms with Crippen LogP contribution in [-0.2, 0) is 11.3 Å². The molecule has 3 N–H and O–H groups in total. The molecule has 0 aliphatic carbocycles. The van der Waals surface area contributed by atoms with E-state index in [1.165, 1.54) is 0 Å². The molecule has 1 heterocycles. The van der Waals surface area contributed by atoms with Gasteiger partial charge in [0.25, 0.3) is 0 Å². The van der Waals surface area contributed by atoms with Gasteiger partial charge in [0.2, 0.25) is 11.8 Å². The number of ether oxygens (including phenoxy) is 2. The number of amides is 1. The van der Waals surface area contributed by atoms with Gasteiger partial charge >= 0.3 is 0 Å². The Balaban J connectivity index is 0.00000264. The molecule has 1 aromatic heterocycles. The summed E-state index contributed by atoms with van der Waals surface area (Å²) in [5.74, 6) is 1.63. The minimum atomic E-state index is -0.524. The molecule has 0 aliphatic heterocycles. The number of aromatic nitrogens is 1. The molecule has 1 amide bonds. The molecular formula is C16H21Cl2N3O3. The summed E-state index contributed by atoms with van der Waals surface area (Å²) < 4.78 is 10.8. The molecule has 0 bridgehead atoms. The van der Waals surface area contributed by atoms with Crippen molar-refractivity contribution in [3.05, 3.63) is 48.2 Å². The number of nitrogens with zero attached hydrogens (tertiary/aromatic N) is 1. The zero-order chi connectivity index (χ0) is 15.9. The fraction of sp³-hybridized carbons (Fsp3) is 0.250. The largest absolute Gasteiger partial charge is 0.497 e. The fourth-order valence-electron chi connectivity index (χ4n) is 1.71. The highest BCUT2D eigenvalue weighted by Crippen LogP contribution is 2.23. The first-order valence-electron chi connectivity index (χ1n) is 6.88. The van der Waals surface area contributed by atoms with Crippen LogP contribution in [0.1, 0.15) is 12.5 Å². The molecule has 0 radical (unpaired) electrons. The van der Waals surface area contributed by atoms with Crippen LogP contribution >= 0.6 is 24.8 Å². The summed E-state index contributed by atoms with van der Waals surface area (Å²) in [5, 5.41) is 2.72. The molecule has 132 valence electrons. The van der Waals surface area contributed by atoms with Gasteiger partial charge in [0.05, 0.1) is 13.2 Å². The Morgan fingerprint density at radius 1 is 1.25 bits per heavy atom. The lowest BCUT2D eigenvalue weighted by molar-refractivity contribution is -0.122. The van der Waals surface area contributed by atoms with Crippen molar-refractivity contribution in [2.45, 2.75) is 19.5 Å². The second-order valence-electron chi connectivity index (χ2n) is 4.79. The molecule has 0 saturated carbocycles. The van der Waals surface area contributed by atoms with Crippen LogP contribution in [0.4, 0.5) is 0 Å². The van der Waals surface area contributed by atoms with E-state index in [2.05, 4.69) is 10.3 Å². The summed E-state index contributed by atoms with van der Waals surface area (Å²) in [4.78, 5) is 15.6. The van der Waals surface area contributed by atoms with Crippen LogP contribution in [0.25, 0.3) is 0 Å². The van der Waals surface area contributed by atoms with Gasteiger partial charge in [-0.2, -0.15) is 0 Å². The second-order valence-corrected chi connectivity index (χ2v) is 4.79. The van der Waals surface area contributed by atoms with E-state index in [1.807, 2.05) is 24.3 Å². The van der Waals surface area contributed by atoms with E-state index in [4.69, 9.17) is 15.2 Å². The molecule has 8 heteroatoms. The Morgan fingerprint density at radius 2 is 1.96 bits per heavy atom. The molecule has 0 spiro atoms. The molecule has 0 fully saturated rings. The molecule has 0 aliphatic rings. The van der Waals surface area contributed by atoms with E-state index in [9.17, 15) is 4.79 Å². The number of methoxy groups -OCH3 is 1. The Labute approximate surface area is 153 Å². The number of halogens is 2. The van der Waals surface area contributed by atoms with Crippen LogP contribution < -0.4 is 20.5 Å². The number of hydrogen-bond acceptors (Lipinski definition) is 5. The van der Waals surface area contributed by atoms with Crippen molar-refractivity contribution in [3.8, 4) is 17.4 Å². The van der Waals surface area contributed by atoms with Crippen LogP contribution in [0.15, 0.2) is 42.6 Å². The smallest absolute Gasteiger partial charge is 0.236 e. The zero-order valence-corrected chi connectivity index (χ0v) is 15.0. The molecule has 0 saturated heterocycles. The molecule has 0 unspecified atom stereocenters. The number of nitrogens with two attached hydrogens (primary N) is 1. The first kappa shape index (κ1) is 22.0. The summed E-state index contributed by atoms with van der Waals surface area (Å²) in [6, 6.07) is 10.3. The average Bonchev–Trinajstić information content (AvgIpc) is 2.54. The predicted molar refractivity (Wildman–Crippen MR) is 97.3 cm³/mol. The van der Waals surface area contributed by atoms with Gasteiger partial charge in [0.15, 0.2) is 0 Å². The quantitative estimate of drug-likeness (QED) is 0.812. The van der Waals surface area contributed by atoms with Crippen LogP contribution in [0.2, 0.25) is 0 Å². The topological polar surface area (TPSA) is 86.5 Å². The third-order valence-electron chi connectivity index (χ3n) is 2.94. The van der Waals surface area contributed by atoms with Crippen molar-refractivity contribution in [1.82, 2.24) is 10.3 Å². The van der Waals surface area contributed by atoms with Gasteiger partial charge in [-0.3, -0.25) is 4.79 Å². The first-order valence-corrected chi connectivity index (χ1v) is 6.88. The van der Waals surface area contributed by atoms with Gasteiger partial charge in [-0.1, -0.05) is 12.1 Å². The molecule has 2 aromatic rings. The molecule has 2 rings (SSSR count). The van der Waals surface area contributed by atoms with E-state index in [0.717, 1.165) is 5.56 Å². The lowest BCUT2D eigenvalue weighted by atomic mass is 10.2. The number of pyridine rings is 1. The van der Waals surface area contributed by atoms with Gasteiger partial charge in [-0.15, -0.1) is 24.8 Å². The normalized spacial score (nSPS) is 10.6. The minimum Gasteiger partial charge on any atom is -0.497 e. The maximum absolute atomic E-state index is 11.4. The second kappa shape index (κ2) is 10.7. The Morgan fingerprint density at radius 3 is 2.54 bits per heavy atom. The van der Waals surface area contributed by atoms with Crippen LogP contribution in [0.5, 0.6) is 17.4 Å². The monoisotopic (exact) mass is 373 g/mol. The summed E-state index contributed by atoms with van der Waals surface area (Å²) >= 11 is 0. The molecule has 1 aromatic carbocycles. The van der Waals surface area contributed by atoms with Crippen LogP contribution in [0.3, 0.4) is 0 Å². The third-order valence-corrected chi connectivity index (χ3v) is 2.94. The standard InChI is InChI=1S/C16H19N3O3.2ClH/c1-11(17)16(20)19-10-12-6-7-15(18-9-12)22-14-5-3-4-13(8-14)21-2;;/h3-9,11H,10,17H2,1-2H3,(H,19,20);2*1H/t11-;;/m1../s1. The van der Waals surface area contributed by atoms with Crippen molar-refractivity contribution >= 4 is 30.7 Å². The van der Waals surface area contributed by atoms with Gasteiger partial charge < -0.3 is 20.5 Å². The van der Waals surface area contributed by atoms with Crippen molar-refractivity contribution in [1.29, 1.82) is 0 Å². The third kappa shape index (κ3) is 6.62. The average molecular weight is 374 g/mol. The Kier molecular flexibility index (Phi) is 9.80. The zero-order valence-electron chi connectivity index (χ0n) is 13.4. The number of nitrogens with one attached hydrogen (secondary N) is 1. The minimum absolute atomic E-state index is 0. The number of hydrogen-bond donors (Lipinski definition) is 2. The number of rotatable bonds is 6. The van der Waals surface area contributed by atoms with E-state index in [0.29, 0.717) is 23.9 Å². The summed E-state index contributed by atoms with van der Waals surface area (Å²) in [7, 11) is 1.60. The molecule has 1 atom stereocenters. The number of carbonyl (C=O) groups is 1. The van der Waals surface area contributed by atoms with Crippen molar-refractivity contribution in [3.63, 3.8) is 0 Å². The van der Waals surface area contributed by atoms with Crippen LogP contribution in [0, 0.1) is 0 Å².